The molecular formula is C7H7ClO2. The Morgan fingerprint density at radius 1 is 1.40 bits per heavy atom. The van der Waals surface area contributed by atoms with Crippen molar-refractivity contribution in [1.82, 2.24) is 0 Å². The molecule has 0 spiro atoms. The highest BCUT2D eigenvalue weighted by Crippen LogP contribution is 2.16. The van der Waals surface area contributed by atoms with Gasteiger partial charge in [-0.2, -0.15) is 0 Å². The fourth-order valence-electron chi connectivity index (χ4n) is 0.692. The molecule has 0 saturated carbocycles. The molecule has 0 unspecified atom stereocenters. The maximum absolute atomic E-state index is 9.10. The maximum atomic E-state index is 9.10. The van der Waals surface area contributed by atoms with Crippen LogP contribution in [0.2, 0.25) is 0 Å². The normalized spacial score (nSPS) is 9.70. The van der Waals surface area contributed by atoms with Crippen LogP contribution >= 0.6 is 11.9 Å². The highest BCUT2D eigenvalue weighted by molar-refractivity contribution is 6.07. The van der Waals surface area contributed by atoms with Crippen LogP contribution in [0.5, 0.6) is 5.75 Å². The van der Waals surface area contributed by atoms with Crippen molar-refractivity contribution in [3.05, 3.63) is 29.8 Å². The average Bonchev–Trinajstić information content (AvgIpc) is 1.94. The smallest absolute Gasteiger partial charge is 0.121 e. The molecule has 0 aliphatic rings. The van der Waals surface area contributed by atoms with Gasteiger partial charge in [-0.1, -0.05) is 18.2 Å². The number of para-hydroxylation sites is 1. The highest BCUT2D eigenvalue weighted by Gasteiger charge is 1.96. The molecule has 1 N–H and O–H groups in total. The first-order chi connectivity index (χ1) is 4.84. The van der Waals surface area contributed by atoms with Crippen LogP contribution in [0.15, 0.2) is 24.3 Å². The van der Waals surface area contributed by atoms with Gasteiger partial charge in [0, 0.05) is 5.56 Å². The molecule has 0 aliphatic carbocycles. The Bertz CT molecular complexity index is 213. The minimum absolute atomic E-state index is 0.211. The van der Waals surface area contributed by atoms with E-state index in [1.807, 2.05) is 6.07 Å². The third-order valence-electron chi connectivity index (χ3n) is 1.20. The molecule has 0 fully saturated rings. The van der Waals surface area contributed by atoms with Crippen LogP contribution < -0.4 is 0 Å². The van der Waals surface area contributed by atoms with Crippen LogP contribution in [0.4, 0.5) is 0 Å². The standard InChI is InChI=1S/C7H7ClO2/c8-10-5-6-3-1-2-4-7(6)9/h1-4,9H,5H2. The van der Waals surface area contributed by atoms with Gasteiger partial charge in [0.25, 0.3) is 0 Å². The van der Waals surface area contributed by atoms with Crippen LogP contribution in [0, 0.1) is 0 Å². The summed E-state index contributed by atoms with van der Waals surface area (Å²) in [7, 11) is 0. The number of rotatable bonds is 2. The van der Waals surface area contributed by atoms with E-state index < -0.39 is 0 Å². The van der Waals surface area contributed by atoms with Crippen molar-refractivity contribution in [3.8, 4) is 5.75 Å². The molecule has 0 heterocycles. The van der Waals surface area contributed by atoms with E-state index in [2.05, 4.69) is 4.29 Å². The summed E-state index contributed by atoms with van der Waals surface area (Å²) < 4.78 is 4.32. The molecule has 0 atom stereocenters. The summed E-state index contributed by atoms with van der Waals surface area (Å²) in [5, 5.41) is 9.10. The molecule has 0 aliphatic heterocycles. The van der Waals surface area contributed by atoms with Crippen molar-refractivity contribution in [3.63, 3.8) is 0 Å². The largest absolute Gasteiger partial charge is 0.508 e. The molecule has 0 bridgehead atoms. The second-order valence-electron chi connectivity index (χ2n) is 1.88. The molecule has 2 nitrogen and oxygen atoms in total. The maximum Gasteiger partial charge on any atom is 0.121 e. The number of phenols is 1. The number of halogens is 1. The van der Waals surface area contributed by atoms with E-state index >= 15 is 0 Å². The predicted octanol–water partition coefficient (Wildman–Crippen LogP) is 2.06. The molecule has 10 heavy (non-hydrogen) atoms. The second kappa shape index (κ2) is 3.44. The van der Waals surface area contributed by atoms with Gasteiger partial charge in [-0.05, 0) is 6.07 Å². The van der Waals surface area contributed by atoms with E-state index in [1.165, 1.54) is 0 Å². The van der Waals surface area contributed by atoms with Gasteiger partial charge in [0.15, 0.2) is 0 Å². The minimum Gasteiger partial charge on any atom is -0.508 e. The number of phenolic OH excluding ortho intramolecular Hbond substituents is 1. The molecule has 3 heteroatoms. The Morgan fingerprint density at radius 3 is 2.70 bits per heavy atom. The first-order valence-electron chi connectivity index (χ1n) is 2.85. The monoisotopic (exact) mass is 158 g/mol. The van der Waals surface area contributed by atoms with Gasteiger partial charge in [0.2, 0.25) is 0 Å². The summed E-state index contributed by atoms with van der Waals surface area (Å²) in [6.07, 6.45) is 0. The number of hydrogen-bond acceptors (Lipinski definition) is 2. The second-order valence-corrected chi connectivity index (χ2v) is 2.10. The quantitative estimate of drug-likeness (QED) is 0.714. The molecule has 0 amide bonds. The summed E-state index contributed by atoms with van der Waals surface area (Å²) in [5.74, 6) is 0.211. The van der Waals surface area contributed by atoms with Gasteiger partial charge < -0.3 is 5.11 Å². The Labute approximate surface area is 64.2 Å². The van der Waals surface area contributed by atoms with Crippen LogP contribution in [-0.4, -0.2) is 5.11 Å². The Kier molecular flexibility index (Phi) is 2.54. The van der Waals surface area contributed by atoms with E-state index in [0.29, 0.717) is 5.56 Å². The lowest BCUT2D eigenvalue weighted by Gasteiger charge is -1.98. The zero-order chi connectivity index (χ0) is 7.40. The van der Waals surface area contributed by atoms with E-state index in [9.17, 15) is 0 Å². The summed E-state index contributed by atoms with van der Waals surface area (Å²) >= 11 is 5.00. The van der Waals surface area contributed by atoms with Gasteiger partial charge in [0.1, 0.15) is 5.75 Å². The Balaban J connectivity index is 2.81. The van der Waals surface area contributed by atoms with Crippen molar-refractivity contribution in [1.29, 1.82) is 0 Å². The lowest BCUT2D eigenvalue weighted by Crippen LogP contribution is -1.83. The number of hydrogen-bond donors (Lipinski definition) is 1. The average molecular weight is 159 g/mol. The summed E-state index contributed by atoms with van der Waals surface area (Å²) in [5.41, 5.74) is 0.692. The molecule has 1 rings (SSSR count). The Morgan fingerprint density at radius 2 is 2.10 bits per heavy atom. The lowest BCUT2D eigenvalue weighted by molar-refractivity contribution is 0.330. The van der Waals surface area contributed by atoms with Crippen LogP contribution in [0.3, 0.4) is 0 Å². The molecule has 0 saturated heterocycles. The van der Waals surface area contributed by atoms with Crippen LogP contribution in [0.25, 0.3) is 0 Å². The topological polar surface area (TPSA) is 29.5 Å². The molecule has 0 aromatic heterocycles. The Hall–Kier alpha value is -0.730. The molecular weight excluding hydrogens is 152 g/mol. The van der Waals surface area contributed by atoms with E-state index in [4.69, 9.17) is 17.0 Å². The molecule has 54 valence electrons. The highest BCUT2D eigenvalue weighted by atomic mass is 35.5. The van der Waals surface area contributed by atoms with Crippen molar-refractivity contribution in [2.24, 2.45) is 0 Å². The molecule has 0 radical (unpaired) electrons. The van der Waals surface area contributed by atoms with Crippen LogP contribution in [0.1, 0.15) is 5.56 Å². The number of aromatic hydroxyl groups is 1. The van der Waals surface area contributed by atoms with E-state index in [1.54, 1.807) is 18.2 Å². The third-order valence-corrected chi connectivity index (χ3v) is 1.31. The number of benzene rings is 1. The van der Waals surface area contributed by atoms with Gasteiger partial charge in [-0.15, -0.1) is 0 Å². The van der Waals surface area contributed by atoms with Gasteiger partial charge in [0.05, 0.1) is 18.5 Å². The van der Waals surface area contributed by atoms with Gasteiger partial charge in [-0.25, -0.2) is 0 Å². The zero-order valence-corrected chi connectivity index (χ0v) is 6.01. The summed E-state index contributed by atoms with van der Waals surface area (Å²) in [6.45, 7) is 0.230. The van der Waals surface area contributed by atoms with Gasteiger partial charge >= 0.3 is 0 Å². The first kappa shape index (κ1) is 7.38. The van der Waals surface area contributed by atoms with Crippen molar-refractivity contribution in [2.45, 2.75) is 6.61 Å². The van der Waals surface area contributed by atoms with Crippen molar-refractivity contribution in [2.75, 3.05) is 0 Å². The van der Waals surface area contributed by atoms with E-state index in [-0.39, 0.29) is 12.4 Å². The first-order valence-corrected chi connectivity index (χ1v) is 3.16. The minimum atomic E-state index is 0.211. The van der Waals surface area contributed by atoms with Crippen LogP contribution in [-0.2, 0) is 10.9 Å². The lowest BCUT2D eigenvalue weighted by atomic mass is 10.2. The molecule has 1 aromatic rings. The van der Waals surface area contributed by atoms with Crippen molar-refractivity contribution < 1.29 is 9.40 Å². The zero-order valence-electron chi connectivity index (χ0n) is 5.25. The van der Waals surface area contributed by atoms with Crippen molar-refractivity contribution >= 4 is 11.9 Å². The predicted molar refractivity (Wildman–Crippen MR) is 38.7 cm³/mol. The summed E-state index contributed by atoms with van der Waals surface area (Å²) in [6, 6.07) is 6.89. The fraction of sp³-hybridized carbons (Fsp3) is 0.143. The molecule has 1 aromatic carbocycles. The summed E-state index contributed by atoms with van der Waals surface area (Å²) in [4.78, 5) is 0. The fourth-order valence-corrected chi connectivity index (χ4v) is 0.809. The van der Waals surface area contributed by atoms with Gasteiger partial charge in [-0.3, -0.25) is 4.29 Å². The van der Waals surface area contributed by atoms with E-state index in [0.717, 1.165) is 0 Å². The third kappa shape index (κ3) is 1.62. The SMILES string of the molecule is Oc1ccccc1COCl.